The molecular weight excluding hydrogens is 278 g/mol. The maximum Gasteiger partial charge on any atom is 0.273 e. The summed E-state index contributed by atoms with van der Waals surface area (Å²) in [5.74, 6) is -0.334. The minimum atomic E-state index is -0.435. The van der Waals surface area contributed by atoms with Gasteiger partial charge in [0.1, 0.15) is 11.7 Å². The first-order valence-corrected chi connectivity index (χ1v) is 7.33. The van der Waals surface area contributed by atoms with Crippen LogP contribution in [0.25, 0.3) is 0 Å². The molecule has 5 heteroatoms. The van der Waals surface area contributed by atoms with Crippen molar-refractivity contribution in [1.29, 1.82) is 0 Å². The topological polar surface area (TPSA) is 62.3 Å². The molecule has 2 heterocycles. The molecular formula is C17H17N3O2. The lowest BCUT2D eigenvalue weighted by molar-refractivity contribution is -0.119. The summed E-state index contributed by atoms with van der Waals surface area (Å²) in [6, 6.07) is 14.1. The third-order valence-electron chi connectivity index (χ3n) is 3.74. The quantitative estimate of drug-likeness (QED) is 0.945. The maximum absolute atomic E-state index is 12.5. The molecule has 1 aliphatic rings. The summed E-state index contributed by atoms with van der Waals surface area (Å²) < 4.78 is 0. The molecule has 2 aromatic rings. The van der Waals surface area contributed by atoms with Gasteiger partial charge in [0.15, 0.2) is 0 Å². The van der Waals surface area contributed by atoms with Crippen LogP contribution in [0.2, 0.25) is 0 Å². The van der Waals surface area contributed by atoms with Gasteiger partial charge in [-0.2, -0.15) is 0 Å². The molecule has 0 bridgehead atoms. The number of nitrogens with zero attached hydrogens (tertiary/aromatic N) is 2. The van der Waals surface area contributed by atoms with Gasteiger partial charge in [0.05, 0.1) is 0 Å². The average molecular weight is 295 g/mol. The molecule has 0 radical (unpaired) electrons. The molecule has 2 amide bonds. The van der Waals surface area contributed by atoms with E-state index in [9.17, 15) is 9.59 Å². The zero-order chi connectivity index (χ0) is 15.4. The van der Waals surface area contributed by atoms with Crippen LogP contribution in [0.3, 0.4) is 0 Å². The first kappa shape index (κ1) is 14.3. The number of hydrogen-bond acceptors (Lipinski definition) is 3. The van der Waals surface area contributed by atoms with E-state index in [1.165, 1.54) is 0 Å². The van der Waals surface area contributed by atoms with Crippen molar-refractivity contribution in [3.63, 3.8) is 0 Å². The Labute approximate surface area is 129 Å². The summed E-state index contributed by atoms with van der Waals surface area (Å²) in [6.07, 6.45) is 3.09. The number of amides is 2. The number of pyridine rings is 1. The van der Waals surface area contributed by atoms with Crippen LogP contribution in [-0.4, -0.2) is 34.3 Å². The number of aromatic nitrogens is 1. The fourth-order valence-electron chi connectivity index (χ4n) is 2.67. The summed E-state index contributed by atoms with van der Waals surface area (Å²) in [5.41, 5.74) is 1.12. The number of carbonyl (C=O) groups excluding carboxylic acids is 2. The van der Waals surface area contributed by atoms with E-state index in [0.717, 1.165) is 12.1 Å². The first-order valence-electron chi connectivity index (χ1n) is 7.33. The van der Waals surface area contributed by atoms with Crippen molar-refractivity contribution in [2.24, 2.45) is 0 Å². The lowest BCUT2D eigenvalue weighted by atomic mass is 10.2. The highest BCUT2D eigenvalue weighted by Crippen LogP contribution is 2.21. The number of rotatable bonds is 3. The highest BCUT2D eigenvalue weighted by atomic mass is 16.2. The number of nitrogens with one attached hydrogen (secondary N) is 1. The largest absolute Gasteiger partial charge is 0.325 e. The van der Waals surface area contributed by atoms with Crippen LogP contribution in [0.5, 0.6) is 0 Å². The van der Waals surface area contributed by atoms with E-state index in [1.807, 2.05) is 30.3 Å². The number of carbonyl (C=O) groups is 2. The van der Waals surface area contributed by atoms with Crippen molar-refractivity contribution < 1.29 is 9.59 Å². The second-order valence-corrected chi connectivity index (χ2v) is 5.23. The first-order chi connectivity index (χ1) is 10.8. The van der Waals surface area contributed by atoms with Gasteiger partial charge in [0.2, 0.25) is 5.91 Å². The minimum absolute atomic E-state index is 0.145. The molecule has 1 aromatic carbocycles. The van der Waals surface area contributed by atoms with Crippen LogP contribution >= 0.6 is 0 Å². The Bertz CT molecular complexity index is 658. The maximum atomic E-state index is 12.5. The van der Waals surface area contributed by atoms with E-state index in [2.05, 4.69) is 10.3 Å². The van der Waals surface area contributed by atoms with E-state index < -0.39 is 6.04 Å². The van der Waals surface area contributed by atoms with Gasteiger partial charge in [-0.25, -0.2) is 0 Å². The Kier molecular flexibility index (Phi) is 4.14. The predicted octanol–water partition coefficient (Wildman–Crippen LogP) is 2.32. The van der Waals surface area contributed by atoms with Crippen LogP contribution in [-0.2, 0) is 4.79 Å². The van der Waals surface area contributed by atoms with Gasteiger partial charge < -0.3 is 10.2 Å². The van der Waals surface area contributed by atoms with Gasteiger partial charge in [-0.05, 0) is 37.1 Å². The second-order valence-electron chi connectivity index (χ2n) is 5.23. The van der Waals surface area contributed by atoms with Crippen molar-refractivity contribution >= 4 is 17.5 Å². The lowest BCUT2D eigenvalue weighted by Crippen LogP contribution is -2.43. The van der Waals surface area contributed by atoms with Crippen LogP contribution in [0, 0.1) is 0 Å². The standard InChI is InChI=1S/C17H17N3O2/c21-16(19-13-7-2-1-3-8-13)15-10-6-12-20(15)17(22)14-9-4-5-11-18-14/h1-5,7-9,11,15H,6,10,12H2,(H,19,21)/t15-/m0/s1. The Hall–Kier alpha value is -2.69. The Morgan fingerprint density at radius 2 is 1.86 bits per heavy atom. The van der Waals surface area contributed by atoms with Gasteiger partial charge in [-0.1, -0.05) is 24.3 Å². The summed E-state index contributed by atoms with van der Waals surface area (Å²) in [7, 11) is 0. The molecule has 1 atom stereocenters. The van der Waals surface area contributed by atoms with E-state index in [-0.39, 0.29) is 11.8 Å². The monoisotopic (exact) mass is 295 g/mol. The summed E-state index contributed by atoms with van der Waals surface area (Å²) >= 11 is 0. The average Bonchev–Trinajstić information content (AvgIpc) is 3.05. The molecule has 22 heavy (non-hydrogen) atoms. The molecule has 0 aliphatic carbocycles. The van der Waals surface area contributed by atoms with Crippen molar-refractivity contribution in [2.75, 3.05) is 11.9 Å². The van der Waals surface area contributed by atoms with E-state index in [1.54, 1.807) is 29.3 Å². The molecule has 1 N–H and O–H groups in total. The molecule has 0 spiro atoms. The molecule has 1 fully saturated rings. The molecule has 112 valence electrons. The molecule has 5 nitrogen and oxygen atoms in total. The summed E-state index contributed by atoms with van der Waals surface area (Å²) in [6.45, 7) is 0.586. The Morgan fingerprint density at radius 1 is 1.09 bits per heavy atom. The minimum Gasteiger partial charge on any atom is -0.325 e. The number of hydrogen-bond donors (Lipinski definition) is 1. The molecule has 0 unspecified atom stereocenters. The van der Waals surface area contributed by atoms with E-state index >= 15 is 0 Å². The number of anilines is 1. The second kappa shape index (κ2) is 6.39. The fraction of sp³-hybridized carbons (Fsp3) is 0.235. The van der Waals surface area contributed by atoms with Crippen molar-refractivity contribution in [3.8, 4) is 0 Å². The summed E-state index contributed by atoms with van der Waals surface area (Å²) in [4.78, 5) is 30.6. The number of para-hydroxylation sites is 1. The number of likely N-dealkylation sites (tertiary alicyclic amines) is 1. The van der Waals surface area contributed by atoms with Gasteiger partial charge in [0, 0.05) is 18.4 Å². The smallest absolute Gasteiger partial charge is 0.273 e. The van der Waals surface area contributed by atoms with E-state index in [4.69, 9.17) is 0 Å². The Balaban J connectivity index is 1.73. The third kappa shape index (κ3) is 2.98. The highest BCUT2D eigenvalue weighted by molar-refractivity contribution is 6.00. The van der Waals surface area contributed by atoms with Crippen LogP contribution in [0.1, 0.15) is 23.3 Å². The molecule has 0 saturated carbocycles. The van der Waals surface area contributed by atoms with Gasteiger partial charge in [0.25, 0.3) is 5.91 Å². The van der Waals surface area contributed by atoms with Crippen LogP contribution < -0.4 is 5.32 Å². The van der Waals surface area contributed by atoms with Crippen LogP contribution in [0.15, 0.2) is 54.7 Å². The van der Waals surface area contributed by atoms with Gasteiger partial charge >= 0.3 is 0 Å². The van der Waals surface area contributed by atoms with Crippen molar-refractivity contribution in [1.82, 2.24) is 9.88 Å². The zero-order valence-electron chi connectivity index (χ0n) is 12.1. The SMILES string of the molecule is O=C(Nc1ccccc1)[C@@H]1CCCN1C(=O)c1ccccn1. The molecule has 1 aliphatic heterocycles. The summed E-state index contributed by atoms with van der Waals surface area (Å²) in [5, 5.41) is 2.87. The predicted molar refractivity (Wildman–Crippen MR) is 83.4 cm³/mol. The lowest BCUT2D eigenvalue weighted by Gasteiger charge is -2.23. The van der Waals surface area contributed by atoms with Crippen molar-refractivity contribution in [3.05, 3.63) is 60.4 Å². The molecule has 1 aromatic heterocycles. The van der Waals surface area contributed by atoms with Crippen molar-refractivity contribution in [2.45, 2.75) is 18.9 Å². The zero-order valence-corrected chi connectivity index (χ0v) is 12.1. The van der Waals surface area contributed by atoms with E-state index in [0.29, 0.717) is 18.7 Å². The normalized spacial score (nSPS) is 17.3. The fourth-order valence-corrected chi connectivity index (χ4v) is 2.67. The van der Waals surface area contributed by atoms with Gasteiger partial charge in [-0.3, -0.25) is 14.6 Å². The Morgan fingerprint density at radius 3 is 2.59 bits per heavy atom. The molecule has 1 saturated heterocycles. The van der Waals surface area contributed by atoms with Crippen LogP contribution in [0.4, 0.5) is 5.69 Å². The molecule has 3 rings (SSSR count). The van der Waals surface area contributed by atoms with Gasteiger partial charge in [-0.15, -0.1) is 0 Å². The number of benzene rings is 1. The third-order valence-corrected chi connectivity index (χ3v) is 3.74. The highest BCUT2D eigenvalue weighted by Gasteiger charge is 2.34.